The third-order valence-electron chi connectivity index (χ3n) is 3.44. The normalized spacial score (nSPS) is 12.5. The van der Waals surface area contributed by atoms with Gasteiger partial charge in [0.2, 0.25) is 0 Å². The Hall–Kier alpha value is -1.37. The highest BCUT2D eigenvalue weighted by molar-refractivity contribution is 9.10. The lowest BCUT2D eigenvalue weighted by atomic mass is 10.1. The summed E-state index contributed by atoms with van der Waals surface area (Å²) in [4.78, 5) is 14.0. The number of anilines is 1. The van der Waals surface area contributed by atoms with E-state index in [0.717, 1.165) is 5.56 Å². The molecule has 0 aliphatic heterocycles. The van der Waals surface area contributed by atoms with Crippen LogP contribution >= 0.6 is 27.5 Å². The number of rotatable bonds is 5. The van der Waals surface area contributed by atoms with Gasteiger partial charge in [0.1, 0.15) is 4.47 Å². The number of hydrogen-bond acceptors (Lipinski definition) is 4. The zero-order chi connectivity index (χ0) is 16.3. The second-order valence-electron chi connectivity index (χ2n) is 5.21. The van der Waals surface area contributed by atoms with Gasteiger partial charge in [-0.1, -0.05) is 23.7 Å². The fourth-order valence-electron chi connectivity index (χ4n) is 2.12. The molecule has 0 saturated carbocycles. The smallest absolute Gasteiger partial charge is 0.282 e. The van der Waals surface area contributed by atoms with Crippen molar-refractivity contribution in [2.75, 3.05) is 26.0 Å². The summed E-state index contributed by atoms with van der Waals surface area (Å²) < 4.78 is 1.77. The number of halogens is 2. The monoisotopic (exact) mass is 384 g/mol. The molecule has 0 aliphatic carbocycles. The molecular weight excluding hydrogens is 368 g/mol. The number of benzene rings is 1. The van der Waals surface area contributed by atoms with Crippen molar-refractivity contribution in [2.45, 2.75) is 6.04 Å². The maximum Gasteiger partial charge on any atom is 0.282 e. The SMILES string of the molecule is CN(C)C(CNc1cnn(C)c(=O)c1Br)c1ccc(Cl)cc1. The van der Waals surface area contributed by atoms with Gasteiger partial charge < -0.3 is 10.2 Å². The van der Waals surface area contributed by atoms with Gasteiger partial charge in [0.05, 0.1) is 17.9 Å². The maximum atomic E-state index is 11.9. The summed E-state index contributed by atoms with van der Waals surface area (Å²) in [6.45, 7) is 0.641. The zero-order valence-electron chi connectivity index (χ0n) is 12.7. The van der Waals surface area contributed by atoms with Gasteiger partial charge in [-0.25, -0.2) is 4.68 Å². The van der Waals surface area contributed by atoms with Crippen molar-refractivity contribution in [3.05, 3.63) is 55.9 Å². The average molecular weight is 386 g/mol. The number of likely N-dealkylation sites (N-methyl/N-ethyl adjacent to an activating group) is 1. The summed E-state index contributed by atoms with van der Waals surface area (Å²) in [6, 6.07) is 7.91. The van der Waals surface area contributed by atoms with E-state index in [0.29, 0.717) is 21.7 Å². The molecule has 0 fully saturated rings. The molecule has 118 valence electrons. The summed E-state index contributed by atoms with van der Waals surface area (Å²) in [5.74, 6) is 0. The lowest BCUT2D eigenvalue weighted by Crippen LogP contribution is -2.28. The van der Waals surface area contributed by atoms with Crippen LogP contribution in [0.3, 0.4) is 0 Å². The third-order valence-corrected chi connectivity index (χ3v) is 4.46. The largest absolute Gasteiger partial charge is 0.381 e. The molecule has 2 aromatic rings. The molecule has 1 heterocycles. The van der Waals surface area contributed by atoms with Crippen LogP contribution in [-0.4, -0.2) is 35.3 Å². The Balaban J connectivity index is 2.18. The van der Waals surface area contributed by atoms with E-state index in [-0.39, 0.29) is 11.6 Å². The van der Waals surface area contributed by atoms with E-state index >= 15 is 0 Å². The Morgan fingerprint density at radius 1 is 1.36 bits per heavy atom. The molecule has 0 saturated heterocycles. The summed E-state index contributed by atoms with van der Waals surface area (Å²) in [7, 11) is 5.64. The molecule has 0 bridgehead atoms. The van der Waals surface area contributed by atoms with Gasteiger partial charge in [-0.2, -0.15) is 5.10 Å². The van der Waals surface area contributed by atoms with Gasteiger partial charge in [0.15, 0.2) is 0 Å². The molecule has 5 nitrogen and oxygen atoms in total. The molecule has 1 unspecified atom stereocenters. The zero-order valence-corrected chi connectivity index (χ0v) is 15.0. The van der Waals surface area contributed by atoms with Crippen molar-refractivity contribution in [2.24, 2.45) is 7.05 Å². The van der Waals surface area contributed by atoms with Crippen molar-refractivity contribution in [3.63, 3.8) is 0 Å². The molecule has 0 aliphatic rings. The number of nitrogens with one attached hydrogen (secondary N) is 1. The van der Waals surface area contributed by atoms with Gasteiger partial charge in [-0.15, -0.1) is 0 Å². The number of nitrogens with zero attached hydrogens (tertiary/aromatic N) is 3. The van der Waals surface area contributed by atoms with E-state index in [1.54, 1.807) is 13.2 Å². The Morgan fingerprint density at radius 3 is 2.59 bits per heavy atom. The highest BCUT2D eigenvalue weighted by atomic mass is 79.9. The predicted molar refractivity (Wildman–Crippen MR) is 93.5 cm³/mol. The summed E-state index contributed by atoms with van der Waals surface area (Å²) in [6.07, 6.45) is 1.64. The first kappa shape index (κ1) is 17.0. The molecule has 1 atom stereocenters. The minimum absolute atomic E-state index is 0.147. The van der Waals surface area contributed by atoms with Crippen LogP contribution in [0, 0.1) is 0 Å². The van der Waals surface area contributed by atoms with Gasteiger partial charge in [0.25, 0.3) is 5.56 Å². The molecule has 1 N–H and O–H groups in total. The van der Waals surface area contributed by atoms with Crippen LogP contribution in [0.2, 0.25) is 5.02 Å². The highest BCUT2D eigenvalue weighted by Gasteiger charge is 2.15. The summed E-state index contributed by atoms with van der Waals surface area (Å²) >= 11 is 9.26. The fraction of sp³-hybridized carbons (Fsp3) is 0.333. The topological polar surface area (TPSA) is 50.2 Å². The fourth-order valence-corrected chi connectivity index (χ4v) is 2.75. The van der Waals surface area contributed by atoms with Crippen molar-refractivity contribution in [1.29, 1.82) is 0 Å². The number of aryl methyl sites for hydroxylation is 1. The van der Waals surface area contributed by atoms with Crippen molar-refractivity contribution >= 4 is 33.2 Å². The molecule has 0 amide bonds. The highest BCUT2D eigenvalue weighted by Crippen LogP contribution is 2.23. The predicted octanol–water partition coefficient (Wildman–Crippen LogP) is 2.91. The van der Waals surface area contributed by atoms with E-state index < -0.39 is 0 Å². The quantitative estimate of drug-likeness (QED) is 0.860. The molecule has 7 heteroatoms. The van der Waals surface area contributed by atoms with E-state index in [1.165, 1.54) is 4.68 Å². The van der Waals surface area contributed by atoms with Crippen molar-refractivity contribution in [1.82, 2.24) is 14.7 Å². The summed E-state index contributed by atoms with van der Waals surface area (Å²) in [5.41, 5.74) is 1.66. The van der Waals surface area contributed by atoms with Crippen molar-refractivity contribution in [3.8, 4) is 0 Å². The van der Waals surface area contributed by atoms with E-state index in [1.807, 2.05) is 38.4 Å². The molecule has 0 spiro atoms. The summed E-state index contributed by atoms with van der Waals surface area (Å²) in [5, 5.41) is 8.02. The van der Waals surface area contributed by atoms with E-state index in [2.05, 4.69) is 31.2 Å². The van der Waals surface area contributed by atoms with Crippen LogP contribution in [0.5, 0.6) is 0 Å². The minimum atomic E-state index is -0.169. The number of aromatic nitrogens is 2. The van der Waals surface area contributed by atoms with Crippen LogP contribution in [-0.2, 0) is 7.05 Å². The third kappa shape index (κ3) is 3.88. The Bertz CT molecular complexity index is 700. The van der Waals surface area contributed by atoms with Gasteiger partial charge in [-0.3, -0.25) is 4.79 Å². The van der Waals surface area contributed by atoms with Crippen LogP contribution < -0.4 is 10.9 Å². The van der Waals surface area contributed by atoms with Crippen LogP contribution in [0.15, 0.2) is 39.7 Å². The second kappa shape index (κ2) is 7.26. The average Bonchev–Trinajstić information content (AvgIpc) is 2.48. The first-order chi connectivity index (χ1) is 10.4. The first-order valence-corrected chi connectivity index (χ1v) is 7.95. The van der Waals surface area contributed by atoms with E-state index in [4.69, 9.17) is 11.6 Å². The Kier molecular flexibility index (Phi) is 5.61. The second-order valence-corrected chi connectivity index (χ2v) is 6.44. The van der Waals surface area contributed by atoms with Gasteiger partial charge in [-0.05, 0) is 47.7 Å². The minimum Gasteiger partial charge on any atom is -0.381 e. The molecule has 1 aromatic heterocycles. The maximum absolute atomic E-state index is 11.9. The van der Waals surface area contributed by atoms with Crippen molar-refractivity contribution < 1.29 is 0 Å². The van der Waals surface area contributed by atoms with E-state index in [9.17, 15) is 4.79 Å². The Labute approximate surface area is 143 Å². The van der Waals surface area contributed by atoms with Crippen LogP contribution in [0.4, 0.5) is 5.69 Å². The molecule has 0 radical (unpaired) electrons. The molecular formula is C15H18BrClN4O. The Morgan fingerprint density at radius 2 is 2.00 bits per heavy atom. The molecule has 1 aromatic carbocycles. The van der Waals surface area contributed by atoms with Crippen LogP contribution in [0.1, 0.15) is 11.6 Å². The molecule has 22 heavy (non-hydrogen) atoms. The standard InChI is InChI=1S/C15H18BrClN4O/c1-20(2)13(10-4-6-11(17)7-5-10)9-18-12-8-19-21(3)15(22)14(12)16/h4-8,13,18H,9H2,1-3H3. The first-order valence-electron chi connectivity index (χ1n) is 6.77. The van der Waals surface area contributed by atoms with Gasteiger partial charge >= 0.3 is 0 Å². The lowest BCUT2D eigenvalue weighted by molar-refractivity contribution is 0.312. The number of hydrogen-bond donors (Lipinski definition) is 1. The van der Waals surface area contributed by atoms with Gasteiger partial charge in [0, 0.05) is 18.6 Å². The van der Waals surface area contributed by atoms with Crippen LogP contribution in [0.25, 0.3) is 0 Å². The molecule has 2 rings (SSSR count). The lowest BCUT2D eigenvalue weighted by Gasteiger charge is -2.25.